The minimum atomic E-state index is -1.19. The topological polar surface area (TPSA) is 0 Å². The summed E-state index contributed by atoms with van der Waals surface area (Å²) < 4.78 is 27.0. The summed E-state index contributed by atoms with van der Waals surface area (Å²) in [6.45, 7) is 2.13. The van der Waals surface area contributed by atoms with Crippen molar-refractivity contribution in [2.75, 3.05) is 0 Å². The van der Waals surface area contributed by atoms with Crippen LogP contribution >= 0.6 is 0 Å². The van der Waals surface area contributed by atoms with Crippen molar-refractivity contribution < 1.29 is 8.78 Å². The Balaban J connectivity index is 1.42. The Morgan fingerprint density at radius 3 is 1.61 bits per heavy atom. The molecule has 132 valence electrons. The molecule has 0 amide bonds. The molecule has 3 aliphatic rings. The van der Waals surface area contributed by atoms with Crippen molar-refractivity contribution in [2.45, 2.75) is 89.9 Å². The molecule has 0 heterocycles. The third-order valence-corrected chi connectivity index (χ3v) is 7.16. The van der Waals surface area contributed by atoms with Gasteiger partial charge in [-0.3, -0.25) is 0 Å². The van der Waals surface area contributed by atoms with E-state index in [0.29, 0.717) is 24.7 Å². The van der Waals surface area contributed by atoms with E-state index in [9.17, 15) is 8.78 Å². The van der Waals surface area contributed by atoms with Crippen LogP contribution in [0.3, 0.4) is 0 Å². The zero-order chi connectivity index (χ0) is 16.2. The number of rotatable bonds is 3. The first-order valence-corrected chi connectivity index (χ1v) is 10.1. The second-order valence-electron chi connectivity index (χ2n) is 8.48. The number of hydrogen-bond donors (Lipinski definition) is 0. The fourth-order valence-electron chi connectivity index (χ4n) is 5.71. The lowest BCUT2D eigenvalue weighted by atomic mass is 9.65. The summed E-state index contributed by atoms with van der Waals surface area (Å²) in [5, 5.41) is 0. The molecule has 3 saturated carbocycles. The number of alkyl halides is 2. The highest BCUT2D eigenvalue weighted by Gasteiger charge is 2.37. The molecule has 3 fully saturated rings. The van der Waals surface area contributed by atoms with Gasteiger partial charge in [0.2, 0.25) is 0 Å². The molecule has 0 spiro atoms. The largest absolute Gasteiger partial charge is 0.244 e. The zero-order valence-electron chi connectivity index (χ0n) is 14.7. The van der Waals surface area contributed by atoms with Gasteiger partial charge in [0.25, 0.3) is 0 Å². The summed E-state index contributed by atoms with van der Waals surface area (Å²) in [6, 6.07) is 0. The van der Waals surface area contributed by atoms with E-state index in [-0.39, 0.29) is 0 Å². The molecular formula is C21H34F2. The molecule has 3 rings (SSSR count). The third-order valence-electron chi connectivity index (χ3n) is 7.16. The summed E-state index contributed by atoms with van der Waals surface area (Å²) >= 11 is 0. The molecule has 23 heavy (non-hydrogen) atoms. The normalized spacial score (nSPS) is 46.1. The van der Waals surface area contributed by atoms with Crippen LogP contribution in [0.4, 0.5) is 8.78 Å². The Bertz CT molecular complexity index is 375. The predicted octanol–water partition coefficient (Wildman–Crippen LogP) is 6.65. The average Bonchev–Trinajstić information content (AvgIpc) is 2.59. The van der Waals surface area contributed by atoms with Crippen LogP contribution in [0.1, 0.15) is 77.6 Å². The highest BCUT2D eigenvalue weighted by atomic mass is 19.2. The first-order valence-electron chi connectivity index (χ1n) is 10.1. The van der Waals surface area contributed by atoms with Gasteiger partial charge in [-0.1, -0.05) is 12.2 Å². The standard InChI is InChI=1S/C21H34F2/c1-2-3-15-4-6-16(7-5-15)17-8-10-18(11-9-17)19-12-13-20(22)21(23)14-19/h2-3,15-21H,4-14H2,1H3/b3-2+. The lowest BCUT2D eigenvalue weighted by Crippen LogP contribution is -2.34. The first kappa shape index (κ1) is 17.4. The summed E-state index contributed by atoms with van der Waals surface area (Å²) in [5.74, 6) is 3.81. The highest BCUT2D eigenvalue weighted by molar-refractivity contribution is 4.92. The van der Waals surface area contributed by atoms with Crippen molar-refractivity contribution >= 4 is 0 Å². The van der Waals surface area contributed by atoms with Crippen molar-refractivity contribution in [3.63, 3.8) is 0 Å². The van der Waals surface area contributed by atoms with E-state index >= 15 is 0 Å². The Kier molecular flexibility index (Phi) is 6.15. The van der Waals surface area contributed by atoms with E-state index < -0.39 is 12.3 Å². The van der Waals surface area contributed by atoms with Gasteiger partial charge in [-0.2, -0.15) is 0 Å². The van der Waals surface area contributed by atoms with Gasteiger partial charge in [0.15, 0.2) is 0 Å². The van der Waals surface area contributed by atoms with Gasteiger partial charge in [-0.25, -0.2) is 8.78 Å². The van der Waals surface area contributed by atoms with Crippen molar-refractivity contribution in [3.05, 3.63) is 12.2 Å². The maximum Gasteiger partial charge on any atom is 0.131 e. The van der Waals surface area contributed by atoms with Gasteiger partial charge in [0.05, 0.1) is 0 Å². The van der Waals surface area contributed by atoms with Crippen LogP contribution in [0.2, 0.25) is 0 Å². The molecule has 0 aromatic heterocycles. The van der Waals surface area contributed by atoms with E-state index in [1.54, 1.807) is 0 Å². The number of allylic oxidation sites excluding steroid dienone is 2. The Morgan fingerprint density at radius 1 is 0.609 bits per heavy atom. The van der Waals surface area contributed by atoms with E-state index in [1.165, 1.54) is 51.4 Å². The lowest BCUT2D eigenvalue weighted by molar-refractivity contribution is 0.0479. The Morgan fingerprint density at radius 2 is 1.09 bits per heavy atom. The smallest absolute Gasteiger partial charge is 0.131 e. The van der Waals surface area contributed by atoms with E-state index in [4.69, 9.17) is 0 Å². The van der Waals surface area contributed by atoms with Crippen molar-refractivity contribution in [1.29, 1.82) is 0 Å². The quantitative estimate of drug-likeness (QED) is 0.510. The Hall–Kier alpha value is -0.400. The lowest BCUT2D eigenvalue weighted by Gasteiger charge is -2.41. The molecule has 0 aliphatic heterocycles. The van der Waals surface area contributed by atoms with Crippen LogP contribution in [0.25, 0.3) is 0 Å². The van der Waals surface area contributed by atoms with Crippen LogP contribution in [0, 0.1) is 29.6 Å². The minimum Gasteiger partial charge on any atom is -0.244 e. The number of halogens is 2. The van der Waals surface area contributed by atoms with Crippen LogP contribution in [0.15, 0.2) is 12.2 Å². The van der Waals surface area contributed by atoms with Gasteiger partial charge in [-0.05, 0) is 107 Å². The monoisotopic (exact) mass is 324 g/mol. The van der Waals surface area contributed by atoms with Gasteiger partial charge < -0.3 is 0 Å². The highest BCUT2D eigenvalue weighted by Crippen LogP contribution is 2.45. The van der Waals surface area contributed by atoms with Gasteiger partial charge in [0, 0.05) is 0 Å². The molecule has 3 atom stereocenters. The average molecular weight is 324 g/mol. The maximum absolute atomic E-state index is 13.7. The molecule has 0 nitrogen and oxygen atoms in total. The molecule has 0 saturated heterocycles. The fourth-order valence-corrected chi connectivity index (χ4v) is 5.71. The summed E-state index contributed by atoms with van der Waals surface area (Å²) in [5.41, 5.74) is 0. The molecule has 0 radical (unpaired) electrons. The predicted molar refractivity (Wildman–Crippen MR) is 92.8 cm³/mol. The van der Waals surface area contributed by atoms with Crippen molar-refractivity contribution in [3.8, 4) is 0 Å². The van der Waals surface area contributed by atoms with Gasteiger partial charge in [0.1, 0.15) is 12.3 Å². The zero-order valence-corrected chi connectivity index (χ0v) is 14.7. The van der Waals surface area contributed by atoms with Crippen LogP contribution in [0.5, 0.6) is 0 Å². The van der Waals surface area contributed by atoms with Crippen LogP contribution in [-0.4, -0.2) is 12.3 Å². The summed E-state index contributed by atoms with van der Waals surface area (Å²) in [6.07, 6.45) is 14.9. The second-order valence-corrected chi connectivity index (χ2v) is 8.48. The second kappa shape index (κ2) is 8.12. The SMILES string of the molecule is C/C=C/C1CCC(C2CCC(C3CCC(F)C(F)C3)CC2)CC1. The van der Waals surface area contributed by atoms with E-state index in [0.717, 1.165) is 24.2 Å². The molecule has 3 aliphatic carbocycles. The van der Waals surface area contributed by atoms with Crippen molar-refractivity contribution in [1.82, 2.24) is 0 Å². The summed E-state index contributed by atoms with van der Waals surface area (Å²) in [4.78, 5) is 0. The molecule has 2 heteroatoms. The Labute approximate surface area is 141 Å². The molecular weight excluding hydrogens is 290 g/mol. The van der Waals surface area contributed by atoms with Crippen LogP contribution < -0.4 is 0 Å². The summed E-state index contributed by atoms with van der Waals surface area (Å²) in [7, 11) is 0. The fraction of sp³-hybridized carbons (Fsp3) is 0.905. The molecule has 0 aromatic rings. The first-order chi connectivity index (χ1) is 11.2. The maximum atomic E-state index is 13.7. The molecule has 0 aromatic carbocycles. The van der Waals surface area contributed by atoms with Gasteiger partial charge >= 0.3 is 0 Å². The van der Waals surface area contributed by atoms with Crippen LogP contribution in [-0.2, 0) is 0 Å². The van der Waals surface area contributed by atoms with E-state index in [1.807, 2.05) is 0 Å². The molecule has 3 unspecified atom stereocenters. The minimum absolute atomic E-state index is 0.459. The molecule has 0 N–H and O–H groups in total. The van der Waals surface area contributed by atoms with Crippen molar-refractivity contribution in [2.24, 2.45) is 29.6 Å². The van der Waals surface area contributed by atoms with Gasteiger partial charge in [-0.15, -0.1) is 0 Å². The number of hydrogen-bond acceptors (Lipinski definition) is 0. The van der Waals surface area contributed by atoms with E-state index in [2.05, 4.69) is 19.1 Å². The third kappa shape index (κ3) is 4.37. The molecule has 0 bridgehead atoms.